The highest BCUT2D eigenvalue weighted by Crippen LogP contribution is 2.65. The summed E-state index contributed by atoms with van der Waals surface area (Å²) in [5, 5.41) is 14.4. The summed E-state index contributed by atoms with van der Waals surface area (Å²) in [7, 11) is 0. The number of rotatable bonds is 4. The van der Waals surface area contributed by atoms with Crippen LogP contribution < -0.4 is 10.6 Å². The molecule has 0 spiro atoms. The van der Waals surface area contributed by atoms with Crippen molar-refractivity contribution in [1.29, 1.82) is 5.26 Å². The SMILES string of the molecule is CC(=O)N[C@H](C(=O)N1C[C@H]2[C@@H](C1C(=O)N[C@@H](C)C#N)C2(C)C)C(C)(C)C. The number of nitrogens with one attached hydrogen (secondary N) is 2. The number of carbonyl (C=O) groups excluding carboxylic acids is 3. The Labute approximate surface area is 155 Å². The summed E-state index contributed by atoms with van der Waals surface area (Å²) in [6.45, 7) is 13.4. The lowest BCUT2D eigenvalue weighted by atomic mass is 9.85. The number of nitriles is 1. The highest BCUT2D eigenvalue weighted by Gasteiger charge is 2.69. The lowest BCUT2D eigenvalue weighted by molar-refractivity contribution is -0.145. The van der Waals surface area contributed by atoms with Crippen LogP contribution in [-0.2, 0) is 14.4 Å². The van der Waals surface area contributed by atoms with Crippen LogP contribution in [0.4, 0.5) is 0 Å². The van der Waals surface area contributed by atoms with Gasteiger partial charge in [0.2, 0.25) is 17.7 Å². The van der Waals surface area contributed by atoms with Crippen molar-refractivity contribution in [1.82, 2.24) is 15.5 Å². The third-order valence-corrected chi connectivity index (χ3v) is 5.77. The van der Waals surface area contributed by atoms with Gasteiger partial charge in [-0.3, -0.25) is 14.4 Å². The summed E-state index contributed by atoms with van der Waals surface area (Å²) in [5.41, 5.74) is -0.480. The molecule has 0 bridgehead atoms. The molecule has 1 aliphatic heterocycles. The van der Waals surface area contributed by atoms with Crippen molar-refractivity contribution in [3.05, 3.63) is 0 Å². The normalized spacial score (nSPS) is 28.4. The van der Waals surface area contributed by atoms with Crippen molar-refractivity contribution >= 4 is 17.7 Å². The van der Waals surface area contributed by atoms with Gasteiger partial charge in [0, 0.05) is 13.5 Å². The fourth-order valence-corrected chi connectivity index (χ4v) is 4.16. The molecule has 1 saturated carbocycles. The molecule has 0 aromatic rings. The Kier molecular flexibility index (Phi) is 5.10. The van der Waals surface area contributed by atoms with Crippen molar-refractivity contribution in [3.8, 4) is 6.07 Å². The summed E-state index contributed by atoms with van der Waals surface area (Å²) in [6.07, 6.45) is 0. The number of carbonyl (C=O) groups is 3. The molecule has 5 atom stereocenters. The minimum atomic E-state index is -0.704. The summed E-state index contributed by atoms with van der Waals surface area (Å²) in [6, 6.07) is 0.0723. The molecule has 0 aromatic heterocycles. The highest BCUT2D eigenvalue weighted by atomic mass is 16.2. The fraction of sp³-hybridized carbons (Fsp3) is 0.789. The van der Waals surface area contributed by atoms with Crippen LogP contribution in [0, 0.1) is 34.0 Å². The summed E-state index contributed by atoms with van der Waals surface area (Å²) >= 11 is 0. The lowest BCUT2D eigenvalue weighted by Crippen LogP contribution is -2.59. The van der Waals surface area contributed by atoms with Gasteiger partial charge in [-0.15, -0.1) is 0 Å². The van der Waals surface area contributed by atoms with E-state index in [0.29, 0.717) is 6.54 Å². The quantitative estimate of drug-likeness (QED) is 0.780. The molecule has 3 amide bonds. The molecule has 2 rings (SSSR count). The van der Waals surface area contributed by atoms with Gasteiger partial charge < -0.3 is 15.5 Å². The van der Waals surface area contributed by atoms with Gasteiger partial charge in [0.05, 0.1) is 6.07 Å². The Balaban J connectivity index is 2.28. The molecular weight excluding hydrogens is 332 g/mol. The molecule has 2 aliphatic rings. The van der Waals surface area contributed by atoms with Gasteiger partial charge in [0.1, 0.15) is 18.1 Å². The molecule has 7 heteroatoms. The van der Waals surface area contributed by atoms with Gasteiger partial charge in [0.25, 0.3) is 0 Å². The van der Waals surface area contributed by atoms with E-state index in [2.05, 4.69) is 24.5 Å². The number of nitrogens with zero attached hydrogens (tertiary/aromatic N) is 2. The van der Waals surface area contributed by atoms with Crippen molar-refractivity contribution in [2.45, 2.75) is 66.6 Å². The Morgan fingerprint density at radius 3 is 2.27 bits per heavy atom. The topological polar surface area (TPSA) is 102 Å². The first-order chi connectivity index (χ1) is 11.8. The maximum absolute atomic E-state index is 13.2. The second-order valence-corrected chi connectivity index (χ2v) is 9.25. The van der Waals surface area contributed by atoms with E-state index in [0.717, 1.165) is 0 Å². The van der Waals surface area contributed by atoms with Gasteiger partial charge in [-0.2, -0.15) is 5.26 Å². The number of likely N-dealkylation sites (tertiary alicyclic amines) is 1. The van der Waals surface area contributed by atoms with E-state index in [1.807, 2.05) is 26.8 Å². The fourth-order valence-electron chi connectivity index (χ4n) is 4.16. The second kappa shape index (κ2) is 6.57. The number of piperidine rings is 1. The maximum atomic E-state index is 13.2. The van der Waals surface area contributed by atoms with Gasteiger partial charge in [-0.25, -0.2) is 0 Å². The Morgan fingerprint density at radius 1 is 1.23 bits per heavy atom. The molecule has 1 unspecified atom stereocenters. The predicted molar refractivity (Wildman–Crippen MR) is 96.5 cm³/mol. The number of hydrogen-bond acceptors (Lipinski definition) is 4. The van der Waals surface area contributed by atoms with Crippen LogP contribution in [0.1, 0.15) is 48.5 Å². The smallest absolute Gasteiger partial charge is 0.246 e. The standard InChI is InChI=1S/C19H30N4O3/c1-10(8-20)21-16(25)14-13-12(19(13,6)7)9-23(14)17(26)15(18(3,4)5)22-11(2)24/h10,12-15H,9H2,1-7H3,(H,21,25)(H,22,24)/t10-,12-,13-,14?,15+/m0/s1. The molecule has 2 fully saturated rings. The van der Waals surface area contributed by atoms with Gasteiger partial charge in [-0.1, -0.05) is 34.6 Å². The minimum Gasteiger partial charge on any atom is -0.344 e. The van der Waals surface area contributed by atoms with Crippen LogP contribution in [0.15, 0.2) is 0 Å². The largest absolute Gasteiger partial charge is 0.344 e. The van der Waals surface area contributed by atoms with Crippen molar-refractivity contribution in [2.75, 3.05) is 6.54 Å². The van der Waals surface area contributed by atoms with E-state index in [1.54, 1.807) is 11.8 Å². The Bertz CT molecular complexity index is 659. The second-order valence-electron chi connectivity index (χ2n) is 9.25. The highest BCUT2D eigenvalue weighted by molar-refractivity contribution is 5.93. The minimum absolute atomic E-state index is 0.0000977. The van der Waals surface area contributed by atoms with Crippen LogP contribution in [0.5, 0.6) is 0 Å². The predicted octanol–water partition coefficient (Wildman–Crippen LogP) is 1.05. The zero-order valence-corrected chi connectivity index (χ0v) is 16.7. The van der Waals surface area contributed by atoms with Crippen molar-refractivity contribution < 1.29 is 14.4 Å². The van der Waals surface area contributed by atoms with Gasteiger partial charge >= 0.3 is 0 Å². The monoisotopic (exact) mass is 362 g/mol. The van der Waals surface area contributed by atoms with E-state index in [1.165, 1.54) is 6.92 Å². The van der Waals surface area contributed by atoms with Gasteiger partial charge in [-0.05, 0) is 29.6 Å². The molecule has 0 radical (unpaired) electrons. The van der Waals surface area contributed by atoms with E-state index in [9.17, 15) is 14.4 Å². The molecule has 1 saturated heterocycles. The lowest BCUT2D eigenvalue weighted by Gasteiger charge is -2.37. The van der Waals surface area contributed by atoms with E-state index < -0.39 is 23.5 Å². The number of amides is 3. The van der Waals surface area contributed by atoms with Crippen LogP contribution >= 0.6 is 0 Å². The molecule has 144 valence electrons. The number of fused-ring (bicyclic) bond motifs is 1. The third-order valence-electron chi connectivity index (χ3n) is 5.77. The summed E-state index contributed by atoms with van der Waals surface area (Å²) in [5.74, 6) is -0.462. The van der Waals surface area contributed by atoms with E-state index in [-0.39, 0.29) is 35.0 Å². The first-order valence-corrected chi connectivity index (χ1v) is 9.10. The van der Waals surface area contributed by atoms with E-state index in [4.69, 9.17) is 5.26 Å². The number of hydrogen-bond donors (Lipinski definition) is 2. The van der Waals surface area contributed by atoms with Crippen LogP contribution in [0.2, 0.25) is 0 Å². The van der Waals surface area contributed by atoms with Crippen molar-refractivity contribution in [3.63, 3.8) is 0 Å². The molecule has 0 aromatic carbocycles. The first kappa shape index (κ1) is 20.2. The Hall–Kier alpha value is -2.10. The average Bonchev–Trinajstić information content (AvgIpc) is 2.86. The van der Waals surface area contributed by atoms with Crippen molar-refractivity contribution in [2.24, 2.45) is 22.7 Å². The van der Waals surface area contributed by atoms with Gasteiger partial charge in [0.15, 0.2) is 0 Å². The Morgan fingerprint density at radius 2 is 1.81 bits per heavy atom. The zero-order chi connectivity index (χ0) is 20.0. The zero-order valence-electron chi connectivity index (χ0n) is 16.7. The molecule has 7 nitrogen and oxygen atoms in total. The summed E-state index contributed by atoms with van der Waals surface area (Å²) < 4.78 is 0. The third kappa shape index (κ3) is 3.55. The molecule has 1 aliphatic carbocycles. The maximum Gasteiger partial charge on any atom is 0.246 e. The average molecular weight is 362 g/mol. The molecule has 26 heavy (non-hydrogen) atoms. The van der Waals surface area contributed by atoms with Crippen LogP contribution in [0.25, 0.3) is 0 Å². The summed E-state index contributed by atoms with van der Waals surface area (Å²) in [4.78, 5) is 39.2. The molecular formula is C19H30N4O3. The molecule has 1 heterocycles. The van der Waals surface area contributed by atoms with E-state index >= 15 is 0 Å². The first-order valence-electron chi connectivity index (χ1n) is 9.10. The van der Waals surface area contributed by atoms with Crippen LogP contribution in [-0.4, -0.2) is 47.3 Å². The van der Waals surface area contributed by atoms with Crippen LogP contribution in [0.3, 0.4) is 0 Å². The molecule has 2 N–H and O–H groups in total.